The first-order valence-corrected chi connectivity index (χ1v) is 13.3. The first kappa shape index (κ1) is 26.2. The topological polar surface area (TPSA) is 97.3 Å². The molecule has 5 rings (SSSR count). The van der Waals surface area contributed by atoms with E-state index in [1.165, 1.54) is 0 Å². The summed E-state index contributed by atoms with van der Waals surface area (Å²) < 4.78 is 9.29. The summed E-state index contributed by atoms with van der Waals surface area (Å²) in [5.41, 5.74) is 8.57. The fraction of sp³-hybridized carbons (Fsp3) is 0.483. The molecule has 2 aliphatic heterocycles. The molecule has 0 amide bonds. The quantitative estimate of drug-likeness (QED) is 0.506. The number of ether oxygens (including phenoxy) is 1. The molecule has 0 radical (unpaired) electrons. The van der Waals surface area contributed by atoms with Gasteiger partial charge in [-0.3, -0.25) is 14.0 Å². The van der Waals surface area contributed by atoms with Crippen molar-refractivity contribution < 1.29 is 9.57 Å². The molecule has 0 fully saturated rings. The molecule has 1 N–H and O–H groups in total. The highest BCUT2D eigenvalue weighted by Gasteiger charge is 2.32. The maximum Gasteiger partial charge on any atom is 0.330 e. The number of aromatic nitrogens is 3. The molecule has 4 heterocycles. The molecule has 1 aromatic carbocycles. The average Bonchev–Trinajstić information content (AvgIpc) is 3.40. The maximum absolute atomic E-state index is 13.0. The molecule has 2 aliphatic rings. The molecule has 0 saturated carbocycles. The van der Waals surface area contributed by atoms with Gasteiger partial charge in [0.05, 0.1) is 22.8 Å². The Morgan fingerprint density at radius 3 is 2.82 bits per heavy atom. The molecule has 2 aromatic heterocycles. The zero-order valence-electron chi connectivity index (χ0n) is 22.9. The Bertz CT molecular complexity index is 1490. The summed E-state index contributed by atoms with van der Waals surface area (Å²) in [6, 6.07) is 12.1. The van der Waals surface area contributed by atoms with Crippen LogP contribution in [0.25, 0.3) is 22.4 Å². The van der Waals surface area contributed by atoms with E-state index in [9.17, 15) is 10.1 Å². The van der Waals surface area contributed by atoms with Crippen molar-refractivity contribution >= 4 is 11.2 Å². The molecule has 200 valence electrons. The van der Waals surface area contributed by atoms with Crippen molar-refractivity contribution in [2.24, 2.45) is 12.5 Å². The molecule has 0 aliphatic carbocycles. The number of hydrogen-bond acceptors (Lipinski definition) is 7. The van der Waals surface area contributed by atoms with Crippen LogP contribution in [0.15, 0.2) is 46.5 Å². The lowest BCUT2D eigenvalue weighted by Crippen LogP contribution is -2.35. The maximum atomic E-state index is 13.0. The number of benzene rings is 1. The van der Waals surface area contributed by atoms with Crippen LogP contribution in [-0.4, -0.2) is 44.9 Å². The highest BCUT2D eigenvalue weighted by atomic mass is 16.7. The number of aryl methyl sites for hydroxylation is 1. The SMILES string of the molecule is CCCOC1NOC2=C1CN(Cc1ccc(C#N)c(-c3ccc4c(n3)n(C)c(=O)n4CC(C)(C)C)c1)CC2. The van der Waals surface area contributed by atoms with Crippen molar-refractivity contribution in [2.75, 3.05) is 19.7 Å². The molecule has 1 atom stereocenters. The van der Waals surface area contributed by atoms with Gasteiger partial charge < -0.3 is 9.57 Å². The first-order chi connectivity index (χ1) is 18.2. The second kappa shape index (κ2) is 10.4. The molecule has 9 heteroatoms. The Balaban J connectivity index is 1.42. The molecule has 0 spiro atoms. The Hall–Kier alpha value is -3.45. The first-order valence-electron chi connectivity index (χ1n) is 13.3. The van der Waals surface area contributed by atoms with Crippen molar-refractivity contribution in [2.45, 2.75) is 59.9 Å². The van der Waals surface area contributed by atoms with Crippen LogP contribution in [0, 0.1) is 16.7 Å². The van der Waals surface area contributed by atoms with Gasteiger partial charge in [-0.2, -0.15) is 5.26 Å². The summed E-state index contributed by atoms with van der Waals surface area (Å²) in [5.74, 6) is 0.990. The van der Waals surface area contributed by atoms with Crippen molar-refractivity contribution in [1.82, 2.24) is 24.5 Å². The highest BCUT2D eigenvalue weighted by molar-refractivity contribution is 5.78. The van der Waals surface area contributed by atoms with Gasteiger partial charge >= 0.3 is 5.69 Å². The number of hydroxylamine groups is 1. The number of nitrogens with zero attached hydrogens (tertiary/aromatic N) is 5. The van der Waals surface area contributed by atoms with Gasteiger partial charge in [0, 0.05) is 57.4 Å². The summed E-state index contributed by atoms with van der Waals surface area (Å²) in [6.07, 6.45) is 1.58. The summed E-state index contributed by atoms with van der Waals surface area (Å²) in [6.45, 7) is 12.1. The highest BCUT2D eigenvalue weighted by Crippen LogP contribution is 2.30. The number of hydrogen-bond donors (Lipinski definition) is 1. The van der Waals surface area contributed by atoms with E-state index in [2.05, 4.69) is 50.2 Å². The van der Waals surface area contributed by atoms with Crippen LogP contribution < -0.4 is 11.2 Å². The van der Waals surface area contributed by atoms with Gasteiger partial charge in [0.25, 0.3) is 0 Å². The molecule has 1 unspecified atom stereocenters. The summed E-state index contributed by atoms with van der Waals surface area (Å²) >= 11 is 0. The van der Waals surface area contributed by atoms with Crippen molar-refractivity contribution in [1.29, 1.82) is 5.26 Å². The minimum absolute atomic E-state index is 0.0484. The second-order valence-corrected chi connectivity index (χ2v) is 11.4. The van der Waals surface area contributed by atoms with Crippen LogP contribution in [0.4, 0.5) is 0 Å². The molecule has 0 bridgehead atoms. The number of nitriles is 1. The summed E-state index contributed by atoms with van der Waals surface area (Å²) in [4.78, 5) is 25.9. The lowest BCUT2D eigenvalue weighted by atomic mass is 9.97. The van der Waals surface area contributed by atoms with Crippen LogP contribution in [0.5, 0.6) is 0 Å². The normalized spacial score (nSPS) is 18.1. The number of rotatable bonds is 7. The molecule has 3 aromatic rings. The van der Waals surface area contributed by atoms with Crippen molar-refractivity contribution in [3.8, 4) is 17.3 Å². The van der Waals surface area contributed by atoms with Crippen LogP contribution in [0.1, 0.15) is 51.7 Å². The van der Waals surface area contributed by atoms with E-state index in [4.69, 9.17) is 14.6 Å². The lowest BCUT2D eigenvalue weighted by Gasteiger charge is -2.28. The fourth-order valence-electron chi connectivity index (χ4n) is 5.18. The predicted molar refractivity (Wildman–Crippen MR) is 146 cm³/mol. The molecular weight excluding hydrogens is 480 g/mol. The largest absolute Gasteiger partial charge is 0.410 e. The lowest BCUT2D eigenvalue weighted by molar-refractivity contribution is -0.0194. The van der Waals surface area contributed by atoms with Gasteiger partial charge in [-0.05, 0) is 41.7 Å². The van der Waals surface area contributed by atoms with Crippen molar-refractivity contribution in [3.05, 3.63) is 63.3 Å². The van der Waals surface area contributed by atoms with E-state index >= 15 is 0 Å². The van der Waals surface area contributed by atoms with Crippen LogP contribution >= 0.6 is 0 Å². The van der Waals surface area contributed by atoms with Gasteiger partial charge in [-0.15, -0.1) is 5.48 Å². The Labute approximate surface area is 223 Å². The van der Waals surface area contributed by atoms with Crippen LogP contribution in [0.2, 0.25) is 0 Å². The molecular formula is C29H36N6O3. The third-order valence-corrected chi connectivity index (χ3v) is 7.00. The predicted octanol–water partition coefficient (Wildman–Crippen LogP) is 4.07. The van der Waals surface area contributed by atoms with E-state index in [1.54, 1.807) is 16.2 Å². The molecule has 38 heavy (non-hydrogen) atoms. The minimum atomic E-state index is -0.197. The monoisotopic (exact) mass is 516 g/mol. The third-order valence-electron chi connectivity index (χ3n) is 7.00. The minimum Gasteiger partial charge on any atom is -0.410 e. The Morgan fingerprint density at radius 1 is 1.26 bits per heavy atom. The van der Waals surface area contributed by atoms with Gasteiger partial charge in [0.2, 0.25) is 0 Å². The third kappa shape index (κ3) is 5.12. The van der Waals surface area contributed by atoms with Crippen LogP contribution in [0.3, 0.4) is 0 Å². The smallest absolute Gasteiger partial charge is 0.330 e. The van der Waals surface area contributed by atoms with E-state index in [-0.39, 0.29) is 17.3 Å². The van der Waals surface area contributed by atoms with Crippen LogP contribution in [-0.2, 0) is 29.7 Å². The Kier molecular flexibility index (Phi) is 7.14. The summed E-state index contributed by atoms with van der Waals surface area (Å²) in [7, 11) is 1.75. The molecule has 0 saturated heterocycles. The van der Waals surface area contributed by atoms with Gasteiger partial charge in [-0.1, -0.05) is 33.8 Å². The van der Waals surface area contributed by atoms with E-state index < -0.39 is 0 Å². The van der Waals surface area contributed by atoms with Crippen molar-refractivity contribution in [3.63, 3.8) is 0 Å². The average molecular weight is 517 g/mol. The van der Waals surface area contributed by atoms with Gasteiger partial charge in [-0.25, -0.2) is 9.78 Å². The van der Waals surface area contributed by atoms with E-state index in [1.807, 2.05) is 24.3 Å². The number of nitrogens with one attached hydrogen (secondary N) is 1. The second-order valence-electron chi connectivity index (χ2n) is 11.4. The Morgan fingerprint density at radius 2 is 2.08 bits per heavy atom. The molecule has 9 nitrogen and oxygen atoms in total. The number of fused-ring (bicyclic) bond motifs is 1. The van der Waals surface area contributed by atoms with E-state index in [0.29, 0.717) is 30.1 Å². The zero-order chi connectivity index (χ0) is 27.0. The van der Waals surface area contributed by atoms with Gasteiger partial charge in [0.15, 0.2) is 11.9 Å². The summed E-state index contributed by atoms with van der Waals surface area (Å²) in [5, 5.41) is 9.85. The zero-order valence-corrected chi connectivity index (χ0v) is 22.9. The van der Waals surface area contributed by atoms with Gasteiger partial charge in [0.1, 0.15) is 5.76 Å². The van der Waals surface area contributed by atoms with E-state index in [0.717, 1.165) is 60.5 Å². The number of imidazole rings is 1. The standard InChI is InChI=1S/C29H36N6O3/c1-6-13-37-27-22-17-34(12-11-25(22)38-32-27)16-19-7-8-20(15-30)21(14-19)23-9-10-24-26(31-23)33(5)28(36)35(24)18-29(2,3)4/h7-10,14,27,32H,6,11-13,16-18H2,1-5H3. The number of pyridine rings is 1. The fourth-order valence-corrected chi connectivity index (χ4v) is 5.18.